The molecule has 11 heteroatoms. The van der Waals surface area contributed by atoms with E-state index in [1.165, 1.54) is 6.07 Å². The summed E-state index contributed by atoms with van der Waals surface area (Å²) in [4.78, 5) is 41.5. The van der Waals surface area contributed by atoms with E-state index in [0.717, 1.165) is 63.5 Å². The number of nitrogens with zero attached hydrogens (tertiary/aromatic N) is 5. The highest BCUT2D eigenvalue weighted by Gasteiger charge is 2.45. The molecule has 3 amide bonds. The van der Waals surface area contributed by atoms with E-state index in [1.807, 2.05) is 25.7 Å². The summed E-state index contributed by atoms with van der Waals surface area (Å²) in [6, 6.07) is 20.1. The molecule has 51 heavy (non-hydrogen) atoms. The van der Waals surface area contributed by atoms with Gasteiger partial charge in [0.05, 0.1) is 22.9 Å². The summed E-state index contributed by atoms with van der Waals surface area (Å²) in [6.45, 7) is 10.1. The number of anilines is 3. The minimum absolute atomic E-state index is 0.111. The monoisotopic (exact) mass is 688 g/mol. The highest BCUT2D eigenvalue weighted by atomic mass is 19.1. The van der Waals surface area contributed by atoms with Crippen molar-refractivity contribution in [3.05, 3.63) is 94.1 Å². The Morgan fingerprint density at radius 1 is 1.16 bits per heavy atom. The summed E-state index contributed by atoms with van der Waals surface area (Å²) < 4.78 is 21.1. The van der Waals surface area contributed by atoms with Crippen LogP contribution in [-0.2, 0) is 21.5 Å². The Balaban J connectivity index is 1.10. The zero-order chi connectivity index (χ0) is 36.0. The Bertz CT molecular complexity index is 2040. The molecule has 3 aromatic carbocycles. The van der Waals surface area contributed by atoms with Gasteiger partial charge in [-0.1, -0.05) is 29.4 Å². The number of carbonyl (C=O) groups is 3. The van der Waals surface area contributed by atoms with Crippen LogP contribution in [0, 0.1) is 43.8 Å². The molecule has 4 aromatic rings. The van der Waals surface area contributed by atoms with Crippen LogP contribution in [0.25, 0.3) is 11.1 Å². The van der Waals surface area contributed by atoms with E-state index >= 15 is 4.39 Å². The van der Waals surface area contributed by atoms with Gasteiger partial charge in [0.25, 0.3) is 5.91 Å². The van der Waals surface area contributed by atoms with Gasteiger partial charge in [-0.3, -0.25) is 19.7 Å². The fourth-order valence-corrected chi connectivity index (χ4v) is 7.56. The first kappa shape index (κ1) is 34.0. The first-order valence-electron chi connectivity index (χ1n) is 17.5. The van der Waals surface area contributed by atoms with Crippen LogP contribution in [0.15, 0.2) is 59.1 Å². The second kappa shape index (κ2) is 13.3. The zero-order valence-corrected chi connectivity index (χ0v) is 29.3. The van der Waals surface area contributed by atoms with E-state index in [9.17, 15) is 19.6 Å². The van der Waals surface area contributed by atoms with Crippen LogP contribution in [0.5, 0.6) is 0 Å². The van der Waals surface area contributed by atoms with Gasteiger partial charge in [0.15, 0.2) is 0 Å². The topological polar surface area (TPSA) is 123 Å². The number of nitrogens with one attached hydrogen (secondary N) is 1. The lowest BCUT2D eigenvalue weighted by Crippen LogP contribution is -2.51. The number of aryl methyl sites for hydroxylation is 3. The summed E-state index contributed by atoms with van der Waals surface area (Å²) in [7, 11) is 0. The van der Waals surface area contributed by atoms with Crippen LogP contribution < -0.4 is 15.1 Å². The second-order valence-electron chi connectivity index (χ2n) is 14.3. The van der Waals surface area contributed by atoms with Gasteiger partial charge in [0.2, 0.25) is 12.3 Å². The van der Waals surface area contributed by atoms with E-state index in [1.54, 1.807) is 11.0 Å². The minimum atomic E-state index is -0.428. The summed E-state index contributed by atoms with van der Waals surface area (Å²) in [6.07, 6.45) is 2.62. The van der Waals surface area contributed by atoms with Crippen molar-refractivity contribution in [1.29, 1.82) is 5.26 Å². The molecule has 0 bridgehead atoms. The molecule has 1 saturated carbocycles. The van der Waals surface area contributed by atoms with Crippen molar-refractivity contribution in [2.24, 2.45) is 5.92 Å². The van der Waals surface area contributed by atoms with Crippen molar-refractivity contribution in [2.45, 2.75) is 71.4 Å². The molecule has 2 fully saturated rings. The van der Waals surface area contributed by atoms with Crippen molar-refractivity contribution in [3.8, 4) is 17.2 Å². The highest BCUT2D eigenvalue weighted by Crippen LogP contribution is 2.48. The number of halogens is 1. The average Bonchev–Trinajstić information content (AvgIpc) is 3.75. The summed E-state index contributed by atoms with van der Waals surface area (Å²) in [5, 5.41) is 16.1. The minimum Gasteiger partial charge on any atom is -0.368 e. The summed E-state index contributed by atoms with van der Waals surface area (Å²) in [5.74, 6) is -0.0900. The number of carbonyl (C=O) groups excluding carboxylic acids is 3. The lowest BCUT2D eigenvalue weighted by Gasteiger charge is -2.44. The number of benzene rings is 3. The third-order valence-electron chi connectivity index (χ3n) is 10.8. The molecule has 1 aliphatic carbocycles. The van der Waals surface area contributed by atoms with Crippen LogP contribution in [-0.4, -0.2) is 54.0 Å². The van der Waals surface area contributed by atoms with E-state index in [2.05, 4.69) is 70.8 Å². The van der Waals surface area contributed by atoms with Crippen LogP contribution in [0.4, 0.5) is 21.5 Å². The quantitative estimate of drug-likeness (QED) is 0.165. The van der Waals surface area contributed by atoms with Crippen LogP contribution in [0.1, 0.15) is 71.1 Å². The Morgan fingerprint density at radius 3 is 2.55 bits per heavy atom. The van der Waals surface area contributed by atoms with Crippen molar-refractivity contribution in [2.75, 3.05) is 29.4 Å². The predicted octanol–water partition coefficient (Wildman–Crippen LogP) is 6.63. The number of amides is 3. The lowest BCUT2D eigenvalue weighted by atomic mass is 9.94. The molecule has 0 spiro atoms. The molecule has 1 saturated heterocycles. The van der Waals surface area contributed by atoms with Gasteiger partial charge < -0.3 is 19.2 Å². The first-order valence-corrected chi connectivity index (χ1v) is 17.5. The van der Waals surface area contributed by atoms with Crippen molar-refractivity contribution >= 4 is 35.3 Å². The fourth-order valence-electron chi connectivity index (χ4n) is 7.56. The Morgan fingerprint density at radius 2 is 1.90 bits per heavy atom. The molecular weight excluding hydrogens is 647 g/mol. The number of hydrogen-bond donors (Lipinski definition) is 1. The normalized spacial score (nSPS) is 16.7. The maximum atomic E-state index is 15.6. The number of aromatic nitrogens is 1. The van der Waals surface area contributed by atoms with Gasteiger partial charge in [-0.15, -0.1) is 0 Å². The Kier molecular flexibility index (Phi) is 8.87. The molecule has 7 rings (SSSR count). The molecule has 3 aliphatic rings. The van der Waals surface area contributed by atoms with E-state index in [0.29, 0.717) is 50.3 Å². The van der Waals surface area contributed by atoms with Gasteiger partial charge >= 0.3 is 0 Å². The van der Waals surface area contributed by atoms with Gasteiger partial charge in [-0.2, -0.15) is 5.26 Å². The van der Waals surface area contributed by atoms with Crippen molar-refractivity contribution in [3.63, 3.8) is 0 Å². The van der Waals surface area contributed by atoms with E-state index in [-0.39, 0.29) is 29.7 Å². The largest absolute Gasteiger partial charge is 0.368 e. The van der Waals surface area contributed by atoms with Crippen molar-refractivity contribution < 1.29 is 23.3 Å². The van der Waals surface area contributed by atoms with Gasteiger partial charge in [-0.05, 0) is 99.5 Å². The number of nitriles is 1. The Labute approximate surface area is 296 Å². The third-order valence-corrected chi connectivity index (χ3v) is 10.8. The lowest BCUT2D eigenvalue weighted by molar-refractivity contribution is -0.125. The molecular formula is C40H41FN6O4. The van der Waals surface area contributed by atoms with Crippen LogP contribution >= 0.6 is 0 Å². The first-order chi connectivity index (χ1) is 24.5. The standard InChI is InChI=1S/C40H41FN6O4/c1-24-5-7-29(38-26(3)44-51-27(38)4)15-35(24)47(32-10-8-31(9-11-32)40(22-42)13-14-40)20-28-18-45(19-28)36-16-30-21-46(39(50)33(30)17-34(36)41)25(2)6-12-37(49)43-23-48/h5,7-11,15-17,23,25,28H,6,12-14,18-21H2,1-4H3,(H,43,48,49). The molecule has 1 aromatic heterocycles. The molecule has 262 valence electrons. The molecule has 2 aliphatic heterocycles. The van der Waals surface area contributed by atoms with Gasteiger partial charge in [0, 0.05) is 67.1 Å². The summed E-state index contributed by atoms with van der Waals surface area (Å²) in [5.41, 5.74) is 8.29. The number of imide groups is 1. The molecule has 3 heterocycles. The highest BCUT2D eigenvalue weighted by molar-refractivity contribution is 5.99. The van der Waals surface area contributed by atoms with Gasteiger partial charge in [0.1, 0.15) is 11.6 Å². The predicted molar refractivity (Wildman–Crippen MR) is 191 cm³/mol. The molecule has 1 N–H and O–H groups in total. The summed E-state index contributed by atoms with van der Waals surface area (Å²) >= 11 is 0. The average molecular weight is 689 g/mol. The smallest absolute Gasteiger partial charge is 0.254 e. The number of rotatable bonds is 12. The SMILES string of the molecule is Cc1ccc(-c2c(C)noc2C)cc1N(CC1CN(c2cc3c(cc2F)C(=O)N(C(C)CCC(=O)NC=O)C3)C1)c1ccc(C2(C#N)CC2)cc1. The van der Waals surface area contributed by atoms with E-state index < -0.39 is 11.7 Å². The fraction of sp³-hybridized carbons (Fsp3) is 0.375. The molecule has 1 atom stereocenters. The van der Waals surface area contributed by atoms with Crippen LogP contribution in [0.3, 0.4) is 0 Å². The Hall–Kier alpha value is -5.50. The van der Waals surface area contributed by atoms with Gasteiger partial charge in [-0.25, -0.2) is 4.39 Å². The number of hydrogen-bond acceptors (Lipinski definition) is 8. The maximum Gasteiger partial charge on any atom is 0.254 e. The van der Waals surface area contributed by atoms with E-state index in [4.69, 9.17) is 4.52 Å². The maximum absolute atomic E-state index is 15.6. The second-order valence-corrected chi connectivity index (χ2v) is 14.3. The number of fused-ring (bicyclic) bond motifs is 1. The van der Waals surface area contributed by atoms with Crippen LogP contribution in [0.2, 0.25) is 0 Å². The molecule has 0 radical (unpaired) electrons. The molecule has 10 nitrogen and oxygen atoms in total. The van der Waals surface area contributed by atoms with Crippen molar-refractivity contribution in [1.82, 2.24) is 15.4 Å². The third kappa shape index (κ3) is 6.35. The molecule has 1 unspecified atom stereocenters. The zero-order valence-electron chi connectivity index (χ0n) is 29.3.